The first kappa shape index (κ1) is 21.0. The third kappa shape index (κ3) is 3.88. The normalized spacial score (nSPS) is 13.4. The molecule has 0 saturated carbocycles. The molecule has 4 rings (SSSR count). The third-order valence-corrected chi connectivity index (χ3v) is 5.11. The summed E-state index contributed by atoms with van der Waals surface area (Å²) in [6, 6.07) is 21.0. The minimum absolute atomic E-state index is 0.177. The van der Waals surface area contributed by atoms with Crippen LogP contribution in [0, 0.1) is 0 Å². The predicted octanol–water partition coefficient (Wildman–Crippen LogP) is 4.11. The van der Waals surface area contributed by atoms with E-state index in [0.29, 0.717) is 34.2 Å². The molecule has 3 aromatic carbocycles. The first-order valence-electron chi connectivity index (χ1n) is 9.88. The van der Waals surface area contributed by atoms with E-state index in [1.807, 2.05) is 0 Å². The van der Waals surface area contributed by atoms with Crippen LogP contribution in [0.3, 0.4) is 0 Å². The van der Waals surface area contributed by atoms with Gasteiger partial charge in [-0.05, 0) is 42.0 Å². The summed E-state index contributed by atoms with van der Waals surface area (Å²) in [5, 5.41) is 3.13. The highest BCUT2D eigenvalue weighted by molar-refractivity contribution is 6.46. The van der Waals surface area contributed by atoms with Gasteiger partial charge in [0.1, 0.15) is 22.9 Å². The number of methoxy groups -OCH3 is 3. The van der Waals surface area contributed by atoms with Gasteiger partial charge in [-0.25, -0.2) is 4.90 Å². The van der Waals surface area contributed by atoms with Crippen LogP contribution < -0.4 is 24.4 Å². The number of nitrogens with zero attached hydrogens (tertiary/aromatic N) is 1. The van der Waals surface area contributed by atoms with E-state index in [9.17, 15) is 9.59 Å². The van der Waals surface area contributed by atoms with Gasteiger partial charge in [-0.3, -0.25) is 9.59 Å². The molecule has 0 aliphatic carbocycles. The summed E-state index contributed by atoms with van der Waals surface area (Å²) in [7, 11) is 4.66. The average molecular weight is 430 g/mol. The molecule has 2 amide bonds. The molecule has 3 aromatic rings. The standard InChI is InChI=1S/C25H22N2O5/c1-30-19-12-10-16(11-13-19)22-23(26-17-6-4-8-20(14-17)31-2)25(29)27(24(22)28)18-7-5-9-21(15-18)32-3/h4-15,26H,1-3H3. The summed E-state index contributed by atoms with van der Waals surface area (Å²) in [4.78, 5) is 28.1. The van der Waals surface area contributed by atoms with Gasteiger partial charge in [0.15, 0.2) is 0 Å². The van der Waals surface area contributed by atoms with Gasteiger partial charge in [0.05, 0.1) is 32.6 Å². The zero-order valence-corrected chi connectivity index (χ0v) is 17.9. The van der Waals surface area contributed by atoms with Crippen molar-refractivity contribution >= 4 is 28.8 Å². The van der Waals surface area contributed by atoms with E-state index in [0.717, 1.165) is 4.90 Å². The number of amides is 2. The van der Waals surface area contributed by atoms with Crippen molar-refractivity contribution in [2.45, 2.75) is 0 Å². The Bertz CT molecular complexity index is 1200. The van der Waals surface area contributed by atoms with Crippen LogP contribution in [-0.4, -0.2) is 33.1 Å². The highest BCUT2D eigenvalue weighted by Gasteiger charge is 2.40. The largest absolute Gasteiger partial charge is 0.497 e. The highest BCUT2D eigenvalue weighted by Crippen LogP contribution is 2.35. The van der Waals surface area contributed by atoms with Gasteiger partial charge < -0.3 is 19.5 Å². The van der Waals surface area contributed by atoms with Gasteiger partial charge in [0.2, 0.25) is 0 Å². The molecule has 0 fully saturated rings. The zero-order valence-electron chi connectivity index (χ0n) is 17.9. The van der Waals surface area contributed by atoms with Crippen LogP contribution in [0.4, 0.5) is 11.4 Å². The number of hydrogen-bond donors (Lipinski definition) is 1. The van der Waals surface area contributed by atoms with Crippen LogP contribution in [0.25, 0.3) is 5.57 Å². The molecule has 7 nitrogen and oxygen atoms in total. The van der Waals surface area contributed by atoms with Gasteiger partial charge in [-0.2, -0.15) is 0 Å². The van der Waals surface area contributed by atoms with Crippen LogP contribution in [0.15, 0.2) is 78.5 Å². The quantitative estimate of drug-likeness (QED) is 0.569. The number of imide groups is 1. The Balaban J connectivity index is 1.81. The summed E-state index contributed by atoms with van der Waals surface area (Å²) < 4.78 is 15.8. The average Bonchev–Trinajstić information content (AvgIpc) is 3.08. The molecule has 0 aromatic heterocycles. The summed E-state index contributed by atoms with van der Waals surface area (Å²) in [6.07, 6.45) is 0. The molecule has 1 N–H and O–H groups in total. The van der Waals surface area contributed by atoms with E-state index in [4.69, 9.17) is 14.2 Å². The minimum atomic E-state index is -0.461. The molecule has 0 bridgehead atoms. The molecule has 1 aliphatic rings. The first-order valence-corrected chi connectivity index (χ1v) is 9.88. The number of nitrogens with one attached hydrogen (secondary N) is 1. The zero-order chi connectivity index (χ0) is 22.7. The second-order valence-electron chi connectivity index (χ2n) is 6.98. The Hall–Kier alpha value is -4.26. The molecule has 7 heteroatoms. The maximum Gasteiger partial charge on any atom is 0.282 e. The number of carbonyl (C=O) groups is 2. The van der Waals surface area contributed by atoms with Crippen molar-refractivity contribution in [1.29, 1.82) is 0 Å². The lowest BCUT2D eigenvalue weighted by Gasteiger charge is -2.16. The molecule has 32 heavy (non-hydrogen) atoms. The summed E-state index contributed by atoms with van der Waals surface area (Å²) >= 11 is 0. The van der Waals surface area contributed by atoms with Crippen LogP contribution in [0.1, 0.15) is 5.56 Å². The van der Waals surface area contributed by atoms with Crippen molar-refractivity contribution in [3.8, 4) is 17.2 Å². The number of anilines is 2. The molecule has 0 atom stereocenters. The molecule has 1 heterocycles. The molecule has 162 valence electrons. The van der Waals surface area contributed by atoms with Crippen molar-refractivity contribution in [1.82, 2.24) is 0 Å². The minimum Gasteiger partial charge on any atom is -0.497 e. The van der Waals surface area contributed by atoms with E-state index in [1.165, 1.54) is 7.11 Å². The van der Waals surface area contributed by atoms with E-state index in [2.05, 4.69) is 5.32 Å². The monoisotopic (exact) mass is 430 g/mol. The van der Waals surface area contributed by atoms with Gasteiger partial charge in [-0.15, -0.1) is 0 Å². The first-order chi connectivity index (χ1) is 15.5. The predicted molar refractivity (Wildman–Crippen MR) is 122 cm³/mol. The maximum atomic E-state index is 13.5. The molecule has 0 radical (unpaired) electrons. The molecule has 1 aliphatic heterocycles. The van der Waals surface area contributed by atoms with E-state index in [1.54, 1.807) is 87.0 Å². The van der Waals surface area contributed by atoms with Crippen LogP contribution in [0.5, 0.6) is 17.2 Å². The Morgan fingerprint density at radius 1 is 0.688 bits per heavy atom. The van der Waals surface area contributed by atoms with Crippen LogP contribution >= 0.6 is 0 Å². The Morgan fingerprint density at radius 2 is 1.31 bits per heavy atom. The third-order valence-electron chi connectivity index (χ3n) is 5.11. The van der Waals surface area contributed by atoms with E-state index >= 15 is 0 Å². The Kier molecular flexibility index (Phi) is 5.81. The Labute approximate surface area is 185 Å². The lowest BCUT2D eigenvalue weighted by atomic mass is 10.0. The van der Waals surface area contributed by atoms with Crippen molar-refractivity contribution in [3.63, 3.8) is 0 Å². The van der Waals surface area contributed by atoms with Crippen molar-refractivity contribution in [2.75, 3.05) is 31.5 Å². The summed E-state index contributed by atoms with van der Waals surface area (Å²) in [5.41, 5.74) is 2.09. The number of ether oxygens (including phenoxy) is 3. The lowest BCUT2D eigenvalue weighted by Crippen LogP contribution is -2.32. The van der Waals surface area contributed by atoms with Crippen molar-refractivity contribution in [2.24, 2.45) is 0 Å². The number of rotatable bonds is 7. The second-order valence-corrected chi connectivity index (χ2v) is 6.98. The summed E-state index contributed by atoms with van der Waals surface area (Å²) in [5.74, 6) is 0.931. The fourth-order valence-electron chi connectivity index (χ4n) is 3.50. The lowest BCUT2D eigenvalue weighted by molar-refractivity contribution is -0.120. The SMILES string of the molecule is COc1ccc(C2=C(Nc3cccc(OC)c3)C(=O)N(c3cccc(OC)c3)C2=O)cc1. The van der Waals surface area contributed by atoms with E-state index < -0.39 is 11.8 Å². The fourth-order valence-corrected chi connectivity index (χ4v) is 3.50. The van der Waals surface area contributed by atoms with Crippen LogP contribution in [-0.2, 0) is 9.59 Å². The van der Waals surface area contributed by atoms with E-state index in [-0.39, 0.29) is 11.3 Å². The highest BCUT2D eigenvalue weighted by atomic mass is 16.5. The van der Waals surface area contributed by atoms with Crippen molar-refractivity contribution < 1.29 is 23.8 Å². The molecular formula is C25H22N2O5. The number of carbonyl (C=O) groups excluding carboxylic acids is 2. The summed E-state index contributed by atoms with van der Waals surface area (Å²) in [6.45, 7) is 0. The molecule has 0 saturated heterocycles. The molecule has 0 unspecified atom stereocenters. The van der Waals surface area contributed by atoms with Gasteiger partial charge in [0, 0.05) is 17.8 Å². The topological polar surface area (TPSA) is 77.1 Å². The molecule has 0 spiro atoms. The maximum absolute atomic E-state index is 13.5. The van der Waals surface area contributed by atoms with Crippen molar-refractivity contribution in [3.05, 3.63) is 84.1 Å². The second kappa shape index (κ2) is 8.85. The van der Waals surface area contributed by atoms with Gasteiger partial charge >= 0.3 is 0 Å². The fraction of sp³-hybridized carbons (Fsp3) is 0.120. The number of hydrogen-bond acceptors (Lipinski definition) is 6. The van der Waals surface area contributed by atoms with Gasteiger partial charge in [0.25, 0.3) is 11.8 Å². The number of benzene rings is 3. The van der Waals surface area contributed by atoms with Crippen LogP contribution in [0.2, 0.25) is 0 Å². The van der Waals surface area contributed by atoms with Gasteiger partial charge in [-0.1, -0.05) is 24.3 Å². The Morgan fingerprint density at radius 3 is 1.97 bits per heavy atom. The molecular weight excluding hydrogens is 408 g/mol. The smallest absolute Gasteiger partial charge is 0.282 e.